The van der Waals surface area contributed by atoms with Crippen LogP contribution in [0.3, 0.4) is 0 Å². The second kappa shape index (κ2) is 7.77. The van der Waals surface area contributed by atoms with E-state index in [0.29, 0.717) is 17.8 Å². The number of hydrogen-bond acceptors (Lipinski definition) is 3. The molecule has 0 saturated carbocycles. The molecule has 5 nitrogen and oxygen atoms in total. The molecule has 0 fully saturated rings. The predicted octanol–water partition coefficient (Wildman–Crippen LogP) is 3.02. The highest BCUT2D eigenvalue weighted by molar-refractivity contribution is 5.95. The number of carbonyl (C=O) groups is 1. The molecule has 2 rings (SSSR count). The van der Waals surface area contributed by atoms with Crippen LogP contribution in [0.15, 0.2) is 30.5 Å². The van der Waals surface area contributed by atoms with E-state index in [9.17, 15) is 9.18 Å². The summed E-state index contributed by atoms with van der Waals surface area (Å²) >= 11 is 0. The molecule has 0 bridgehead atoms. The highest BCUT2D eigenvalue weighted by atomic mass is 35.5. The number of nitrogens with zero attached hydrogens (tertiary/aromatic N) is 2. The Morgan fingerprint density at radius 2 is 1.92 bits per heavy atom. The highest BCUT2D eigenvalue weighted by Crippen LogP contribution is 2.23. The average molecular weight is 355 g/mol. The Morgan fingerprint density at radius 3 is 2.42 bits per heavy atom. The molecule has 0 aliphatic carbocycles. The molecular weight excluding hydrogens is 331 g/mol. The molecule has 0 atom stereocenters. The van der Waals surface area contributed by atoms with Crippen molar-refractivity contribution >= 4 is 18.3 Å². The fourth-order valence-electron chi connectivity index (χ4n) is 2.28. The Morgan fingerprint density at radius 1 is 1.33 bits per heavy atom. The molecule has 1 aromatic heterocycles. The van der Waals surface area contributed by atoms with Crippen molar-refractivity contribution < 1.29 is 9.18 Å². The topological polar surface area (TPSA) is 72.9 Å². The summed E-state index contributed by atoms with van der Waals surface area (Å²) in [4.78, 5) is 12.4. The lowest BCUT2D eigenvalue weighted by molar-refractivity contribution is 0.0944. The molecule has 0 unspecified atom stereocenters. The van der Waals surface area contributed by atoms with Gasteiger partial charge in [0.05, 0.1) is 23.1 Å². The number of halogens is 2. The van der Waals surface area contributed by atoms with E-state index in [2.05, 4.69) is 10.4 Å². The number of hydrogen-bond donors (Lipinski definition) is 2. The van der Waals surface area contributed by atoms with Crippen LogP contribution >= 0.6 is 12.4 Å². The van der Waals surface area contributed by atoms with Gasteiger partial charge in [-0.25, -0.2) is 9.07 Å². The third-order valence-corrected chi connectivity index (χ3v) is 3.37. The molecule has 1 aromatic carbocycles. The van der Waals surface area contributed by atoms with Gasteiger partial charge in [-0.15, -0.1) is 12.4 Å². The van der Waals surface area contributed by atoms with Crippen molar-refractivity contribution in [2.45, 2.75) is 39.2 Å². The van der Waals surface area contributed by atoms with E-state index in [4.69, 9.17) is 5.73 Å². The van der Waals surface area contributed by atoms with Crippen LogP contribution in [0.25, 0.3) is 5.69 Å². The van der Waals surface area contributed by atoms with Gasteiger partial charge in [0, 0.05) is 12.1 Å². The third kappa shape index (κ3) is 4.79. The van der Waals surface area contributed by atoms with Gasteiger partial charge in [0.1, 0.15) is 5.82 Å². The Bertz CT molecular complexity index is 690. The molecule has 0 aliphatic rings. The predicted molar refractivity (Wildman–Crippen MR) is 95.5 cm³/mol. The minimum atomic E-state index is -0.486. The first-order valence-corrected chi connectivity index (χ1v) is 7.60. The molecule has 2 aromatic rings. The molecule has 0 saturated heterocycles. The van der Waals surface area contributed by atoms with Crippen molar-refractivity contribution in [3.8, 4) is 5.69 Å². The highest BCUT2D eigenvalue weighted by Gasteiger charge is 2.22. The van der Waals surface area contributed by atoms with Gasteiger partial charge in [-0.3, -0.25) is 4.79 Å². The summed E-state index contributed by atoms with van der Waals surface area (Å²) in [5, 5.41) is 7.14. The van der Waals surface area contributed by atoms with Crippen molar-refractivity contribution in [3.63, 3.8) is 0 Å². The molecule has 1 heterocycles. The van der Waals surface area contributed by atoms with Crippen LogP contribution in [0.1, 0.15) is 49.7 Å². The minimum Gasteiger partial charge on any atom is -0.350 e. The zero-order valence-corrected chi connectivity index (χ0v) is 15.2. The summed E-state index contributed by atoms with van der Waals surface area (Å²) in [6, 6.07) is 6.02. The Balaban J connectivity index is 0.00000288. The quantitative estimate of drug-likeness (QED) is 0.866. The number of nitrogens with one attached hydrogen (secondary N) is 1. The lowest BCUT2D eigenvalue weighted by atomic mass is 10.0. The van der Waals surface area contributed by atoms with E-state index in [1.54, 1.807) is 16.8 Å². The first-order chi connectivity index (χ1) is 10.7. The lowest BCUT2D eigenvalue weighted by Gasteiger charge is -2.19. The maximum absolute atomic E-state index is 13.1. The van der Waals surface area contributed by atoms with Gasteiger partial charge in [0.15, 0.2) is 0 Å². The Hall–Kier alpha value is -1.92. The van der Waals surface area contributed by atoms with Gasteiger partial charge in [-0.1, -0.05) is 13.8 Å². The number of nitrogens with two attached hydrogens (primary N) is 1. The van der Waals surface area contributed by atoms with E-state index < -0.39 is 5.54 Å². The Labute approximate surface area is 147 Å². The molecular formula is C17H24ClFN4O. The van der Waals surface area contributed by atoms with Gasteiger partial charge in [-0.2, -0.15) is 5.10 Å². The summed E-state index contributed by atoms with van der Waals surface area (Å²) in [5.41, 5.74) is 7.42. The van der Waals surface area contributed by atoms with Crippen LogP contribution < -0.4 is 11.1 Å². The smallest absolute Gasteiger partial charge is 0.254 e. The summed E-state index contributed by atoms with van der Waals surface area (Å²) in [7, 11) is 0. The number of carbonyl (C=O) groups excluding carboxylic acids is 1. The van der Waals surface area contributed by atoms with Crippen molar-refractivity contribution in [2.75, 3.05) is 6.54 Å². The third-order valence-electron chi connectivity index (χ3n) is 3.37. The average Bonchev–Trinajstić information content (AvgIpc) is 2.90. The molecule has 1 amide bonds. The van der Waals surface area contributed by atoms with Crippen LogP contribution in [0.4, 0.5) is 4.39 Å². The molecule has 3 N–H and O–H groups in total. The van der Waals surface area contributed by atoms with Crippen molar-refractivity contribution in [3.05, 3.63) is 47.5 Å². The SMILES string of the molecule is CC(C)c1c(C(=O)NCC(C)(C)N)cnn1-c1ccc(F)cc1.Cl. The van der Waals surface area contributed by atoms with Crippen LogP contribution in [0.2, 0.25) is 0 Å². The molecule has 0 aliphatic heterocycles. The van der Waals surface area contributed by atoms with Gasteiger partial charge in [0.2, 0.25) is 0 Å². The van der Waals surface area contributed by atoms with E-state index in [1.807, 2.05) is 27.7 Å². The standard InChI is InChI=1S/C17H23FN4O.ClH/c1-11(2)15-14(16(23)20-10-17(3,4)19)9-21-22(15)13-7-5-12(18)6-8-13;/h5-9,11H,10,19H2,1-4H3,(H,20,23);1H. The number of amides is 1. The first kappa shape index (κ1) is 20.1. The van der Waals surface area contributed by atoms with Crippen molar-refractivity contribution in [1.82, 2.24) is 15.1 Å². The van der Waals surface area contributed by atoms with Gasteiger partial charge in [-0.05, 0) is 44.0 Å². The van der Waals surface area contributed by atoms with E-state index >= 15 is 0 Å². The van der Waals surface area contributed by atoms with E-state index in [-0.39, 0.29) is 30.0 Å². The van der Waals surface area contributed by atoms with Crippen LogP contribution in [0.5, 0.6) is 0 Å². The molecule has 132 valence electrons. The minimum absolute atomic E-state index is 0. The summed E-state index contributed by atoms with van der Waals surface area (Å²) in [6.07, 6.45) is 1.54. The number of benzene rings is 1. The van der Waals surface area contributed by atoms with Crippen LogP contribution in [-0.2, 0) is 0 Å². The van der Waals surface area contributed by atoms with E-state index in [0.717, 1.165) is 5.69 Å². The molecule has 0 spiro atoms. The lowest BCUT2D eigenvalue weighted by Crippen LogP contribution is -2.45. The van der Waals surface area contributed by atoms with Gasteiger partial charge in [0.25, 0.3) is 5.91 Å². The second-order valence-electron chi connectivity index (χ2n) is 6.66. The largest absolute Gasteiger partial charge is 0.350 e. The molecule has 0 radical (unpaired) electrons. The monoisotopic (exact) mass is 354 g/mol. The van der Waals surface area contributed by atoms with Crippen molar-refractivity contribution in [1.29, 1.82) is 0 Å². The second-order valence-corrected chi connectivity index (χ2v) is 6.66. The zero-order valence-electron chi connectivity index (χ0n) is 14.3. The van der Waals surface area contributed by atoms with Gasteiger partial charge < -0.3 is 11.1 Å². The van der Waals surface area contributed by atoms with Crippen molar-refractivity contribution in [2.24, 2.45) is 5.73 Å². The van der Waals surface area contributed by atoms with E-state index in [1.165, 1.54) is 18.3 Å². The fraction of sp³-hybridized carbons (Fsp3) is 0.412. The zero-order chi connectivity index (χ0) is 17.2. The summed E-state index contributed by atoms with van der Waals surface area (Å²) in [6.45, 7) is 8.03. The number of rotatable bonds is 5. The summed E-state index contributed by atoms with van der Waals surface area (Å²) in [5.74, 6) is -0.440. The summed E-state index contributed by atoms with van der Waals surface area (Å²) < 4.78 is 14.8. The maximum Gasteiger partial charge on any atom is 0.254 e. The number of aromatic nitrogens is 2. The first-order valence-electron chi connectivity index (χ1n) is 7.60. The van der Waals surface area contributed by atoms with Crippen LogP contribution in [0, 0.1) is 5.82 Å². The normalized spacial score (nSPS) is 11.3. The molecule has 24 heavy (non-hydrogen) atoms. The van der Waals surface area contributed by atoms with Gasteiger partial charge >= 0.3 is 0 Å². The van der Waals surface area contributed by atoms with Crippen LogP contribution in [-0.4, -0.2) is 27.8 Å². The Kier molecular flexibility index (Phi) is 6.51. The maximum atomic E-state index is 13.1. The fourth-order valence-corrected chi connectivity index (χ4v) is 2.28. The molecule has 7 heteroatoms.